The lowest BCUT2D eigenvalue weighted by Crippen LogP contribution is -2.35. The number of hydrogen-bond acceptors (Lipinski definition) is 5. The average Bonchev–Trinajstić information content (AvgIpc) is 3.54. The van der Waals surface area contributed by atoms with E-state index < -0.39 is 0 Å². The Morgan fingerprint density at radius 2 is 1.79 bits per heavy atom. The molecule has 1 aromatic carbocycles. The van der Waals surface area contributed by atoms with E-state index in [4.69, 9.17) is 4.74 Å². The molecule has 2 aromatic rings. The van der Waals surface area contributed by atoms with Crippen molar-refractivity contribution in [3.05, 3.63) is 47.8 Å². The van der Waals surface area contributed by atoms with Crippen LogP contribution in [-0.4, -0.2) is 35.9 Å². The Bertz CT molecular complexity index is 741. The third kappa shape index (κ3) is 4.87. The van der Waals surface area contributed by atoms with Crippen molar-refractivity contribution in [2.24, 2.45) is 17.8 Å². The molecule has 1 aliphatic heterocycles. The van der Waals surface area contributed by atoms with E-state index in [1.54, 1.807) is 11.8 Å². The van der Waals surface area contributed by atoms with Gasteiger partial charge in [0.25, 0.3) is 0 Å². The number of aryl methyl sites for hydroxylation is 1. The van der Waals surface area contributed by atoms with Gasteiger partial charge in [0.1, 0.15) is 0 Å². The molecule has 1 aliphatic carbocycles. The van der Waals surface area contributed by atoms with E-state index in [1.165, 1.54) is 35.3 Å². The SMILES string of the molecule is CCc1cnc(N2CCC(C3CC3COCc3ccc(SC)cc3)CC2)nc1. The van der Waals surface area contributed by atoms with Gasteiger partial charge in [0, 0.05) is 30.4 Å². The molecule has 28 heavy (non-hydrogen) atoms. The van der Waals surface area contributed by atoms with Crippen LogP contribution in [0.4, 0.5) is 5.95 Å². The van der Waals surface area contributed by atoms with Crippen LogP contribution in [0.15, 0.2) is 41.6 Å². The van der Waals surface area contributed by atoms with Crippen molar-refractivity contribution in [2.75, 3.05) is 30.9 Å². The summed E-state index contributed by atoms with van der Waals surface area (Å²) in [5.74, 6) is 3.38. The van der Waals surface area contributed by atoms with Gasteiger partial charge in [-0.1, -0.05) is 19.1 Å². The second-order valence-electron chi connectivity index (χ2n) is 8.09. The first-order valence-electron chi connectivity index (χ1n) is 10.5. The van der Waals surface area contributed by atoms with Crippen LogP contribution >= 0.6 is 11.8 Å². The molecule has 2 aliphatic rings. The number of nitrogens with zero attached hydrogens (tertiary/aromatic N) is 3. The zero-order valence-electron chi connectivity index (χ0n) is 17.0. The third-order valence-electron chi connectivity index (χ3n) is 6.26. The average molecular weight is 398 g/mol. The first-order valence-corrected chi connectivity index (χ1v) is 11.8. The summed E-state index contributed by atoms with van der Waals surface area (Å²) in [5, 5.41) is 0. The van der Waals surface area contributed by atoms with Gasteiger partial charge >= 0.3 is 0 Å². The van der Waals surface area contributed by atoms with E-state index in [-0.39, 0.29) is 0 Å². The highest BCUT2D eigenvalue weighted by Crippen LogP contribution is 2.48. The van der Waals surface area contributed by atoms with Crippen LogP contribution in [0.5, 0.6) is 0 Å². The number of ether oxygens (including phenoxy) is 1. The van der Waals surface area contributed by atoms with Crippen molar-refractivity contribution in [3.63, 3.8) is 0 Å². The van der Waals surface area contributed by atoms with Crippen molar-refractivity contribution >= 4 is 17.7 Å². The van der Waals surface area contributed by atoms with Gasteiger partial charge in [-0.2, -0.15) is 0 Å². The molecule has 0 spiro atoms. The van der Waals surface area contributed by atoms with E-state index >= 15 is 0 Å². The van der Waals surface area contributed by atoms with Crippen LogP contribution < -0.4 is 4.90 Å². The molecular formula is C23H31N3OS. The number of piperidine rings is 1. The van der Waals surface area contributed by atoms with Crippen molar-refractivity contribution in [2.45, 2.75) is 44.1 Å². The van der Waals surface area contributed by atoms with Gasteiger partial charge in [0.05, 0.1) is 13.2 Å². The summed E-state index contributed by atoms with van der Waals surface area (Å²) in [6.45, 7) is 5.96. The molecular weight excluding hydrogens is 366 g/mol. The third-order valence-corrected chi connectivity index (χ3v) is 7.01. The maximum absolute atomic E-state index is 6.01. The van der Waals surface area contributed by atoms with Crippen molar-refractivity contribution in [1.29, 1.82) is 0 Å². The molecule has 0 bridgehead atoms. The van der Waals surface area contributed by atoms with E-state index in [0.29, 0.717) is 0 Å². The van der Waals surface area contributed by atoms with Gasteiger partial charge in [-0.25, -0.2) is 9.97 Å². The minimum atomic E-state index is 0.738. The van der Waals surface area contributed by atoms with Crippen LogP contribution in [0.1, 0.15) is 37.3 Å². The molecule has 4 nitrogen and oxygen atoms in total. The number of aromatic nitrogens is 2. The van der Waals surface area contributed by atoms with E-state index in [9.17, 15) is 0 Å². The summed E-state index contributed by atoms with van der Waals surface area (Å²) in [5.41, 5.74) is 2.48. The minimum absolute atomic E-state index is 0.738. The molecule has 2 atom stereocenters. The summed E-state index contributed by atoms with van der Waals surface area (Å²) in [6.07, 6.45) is 10.9. The van der Waals surface area contributed by atoms with E-state index in [1.807, 2.05) is 12.4 Å². The fraction of sp³-hybridized carbons (Fsp3) is 0.565. The minimum Gasteiger partial charge on any atom is -0.376 e. The molecule has 150 valence electrons. The first-order chi connectivity index (χ1) is 13.8. The van der Waals surface area contributed by atoms with Crippen LogP contribution in [-0.2, 0) is 17.8 Å². The number of anilines is 1. The zero-order chi connectivity index (χ0) is 19.3. The topological polar surface area (TPSA) is 38.2 Å². The molecule has 4 rings (SSSR count). The van der Waals surface area contributed by atoms with Crippen molar-refractivity contribution < 1.29 is 4.74 Å². The normalized spacial score (nSPS) is 22.4. The van der Waals surface area contributed by atoms with E-state index in [2.05, 4.69) is 52.3 Å². The Hall–Kier alpha value is -1.59. The highest BCUT2D eigenvalue weighted by Gasteiger charge is 2.43. The molecule has 2 fully saturated rings. The van der Waals surface area contributed by atoms with Gasteiger partial charge in [0.2, 0.25) is 5.95 Å². The lowest BCUT2D eigenvalue weighted by atomic mass is 9.91. The van der Waals surface area contributed by atoms with Gasteiger partial charge in [-0.3, -0.25) is 0 Å². The molecule has 0 N–H and O–H groups in total. The standard InChI is InChI=1S/C23H31N3OS/c1-3-17-13-24-23(25-14-17)26-10-8-19(9-11-26)22-12-20(22)16-27-15-18-4-6-21(28-2)7-5-18/h4-7,13-14,19-20,22H,3,8-12,15-16H2,1-2H3. The highest BCUT2D eigenvalue weighted by molar-refractivity contribution is 7.98. The van der Waals surface area contributed by atoms with Crippen LogP contribution in [0.2, 0.25) is 0 Å². The lowest BCUT2D eigenvalue weighted by Gasteiger charge is -2.32. The van der Waals surface area contributed by atoms with Gasteiger partial charge in [-0.05, 0) is 73.0 Å². The molecule has 2 unspecified atom stereocenters. The molecule has 1 saturated carbocycles. The number of rotatable bonds is 8. The van der Waals surface area contributed by atoms with Gasteiger partial charge in [0.15, 0.2) is 0 Å². The lowest BCUT2D eigenvalue weighted by molar-refractivity contribution is 0.104. The van der Waals surface area contributed by atoms with Gasteiger partial charge in [-0.15, -0.1) is 11.8 Å². The maximum Gasteiger partial charge on any atom is 0.225 e. The predicted octanol–water partition coefficient (Wildman–Crippen LogP) is 4.83. The summed E-state index contributed by atoms with van der Waals surface area (Å²) in [6, 6.07) is 8.72. The van der Waals surface area contributed by atoms with Crippen LogP contribution in [0.3, 0.4) is 0 Å². The molecule has 0 radical (unpaired) electrons. The quantitative estimate of drug-likeness (QED) is 0.597. The number of hydrogen-bond donors (Lipinski definition) is 0. The first kappa shape index (κ1) is 19.7. The molecule has 1 saturated heterocycles. The van der Waals surface area contributed by atoms with Gasteiger partial charge < -0.3 is 9.64 Å². The van der Waals surface area contributed by atoms with Crippen LogP contribution in [0.25, 0.3) is 0 Å². The summed E-state index contributed by atoms with van der Waals surface area (Å²) >= 11 is 1.78. The molecule has 0 amide bonds. The number of thioether (sulfide) groups is 1. The Balaban J connectivity index is 1.17. The Morgan fingerprint density at radius 1 is 1.07 bits per heavy atom. The number of benzene rings is 1. The summed E-state index contributed by atoms with van der Waals surface area (Å²) in [7, 11) is 0. The Morgan fingerprint density at radius 3 is 2.43 bits per heavy atom. The van der Waals surface area contributed by atoms with Crippen LogP contribution in [0, 0.1) is 17.8 Å². The van der Waals surface area contributed by atoms with Crippen molar-refractivity contribution in [1.82, 2.24) is 9.97 Å². The summed E-state index contributed by atoms with van der Waals surface area (Å²) in [4.78, 5) is 12.8. The second-order valence-corrected chi connectivity index (χ2v) is 8.97. The maximum atomic E-state index is 6.01. The fourth-order valence-corrected chi connectivity index (χ4v) is 4.72. The summed E-state index contributed by atoms with van der Waals surface area (Å²) < 4.78 is 6.01. The Labute approximate surface area is 173 Å². The second kappa shape index (κ2) is 9.27. The predicted molar refractivity (Wildman–Crippen MR) is 116 cm³/mol. The largest absolute Gasteiger partial charge is 0.376 e. The van der Waals surface area contributed by atoms with Crippen molar-refractivity contribution in [3.8, 4) is 0 Å². The monoisotopic (exact) mass is 397 g/mol. The molecule has 5 heteroatoms. The molecule has 2 heterocycles. The fourth-order valence-electron chi connectivity index (χ4n) is 4.31. The smallest absolute Gasteiger partial charge is 0.225 e. The van der Waals surface area contributed by atoms with E-state index in [0.717, 1.165) is 56.4 Å². The highest BCUT2D eigenvalue weighted by atomic mass is 32.2. The molecule has 1 aromatic heterocycles. The Kier molecular flexibility index (Phi) is 6.53. The zero-order valence-corrected chi connectivity index (χ0v) is 17.8.